The summed E-state index contributed by atoms with van der Waals surface area (Å²) < 4.78 is 0. The minimum Gasteiger partial charge on any atom is -0.507 e. The third-order valence-electron chi connectivity index (χ3n) is 4.20. The SMILES string of the molecule is Cc1ccc(C(=O)N2CCC(N3CC=CC3)C2)c(O)c1. The summed E-state index contributed by atoms with van der Waals surface area (Å²) in [4.78, 5) is 16.7. The zero-order chi connectivity index (χ0) is 14.1. The Morgan fingerprint density at radius 2 is 2.05 bits per heavy atom. The number of amides is 1. The molecule has 1 atom stereocenters. The van der Waals surface area contributed by atoms with Crippen molar-refractivity contribution in [1.29, 1.82) is 0 Å². The average molecular weight is 272 g/mol. The van der Waals surface area contributed by atoms with Crippen molar-refractivity contribution in [3.63, 3.8) is 0 Å². The van der Waals surface area contributed by atoms with Crippen LogP contribution in [0.15, 0.2) is 30.4 Å². The van der Waals surface area contributed by atoms with Crippen molar-refractivity contribution in [2.75, 3.05) is 26.2 Å². The molecule has 0 aromatic heterocycles. The summed E-state index contributed by atoms with van der Waals surface area (Å²) in [5.41, 5.74) is 1.37. The summed E-state index contributed by atoms with van der Waals surface area (Å²) in [5.74, 6) is 0.0263. The number of benzene rings is 1. The highest BCUT2D eigenvalue weighted by Gasteiger charge is 2.31. The van der Waals surface area contributed by atoms with Gasteiger partial charge < -0.3 is 10.0 Å². The van der Waals surface area contributed by atoms with E-state index in [0.717, 1.165) is 38.2 Å². The molecule has 4 heteroatoms. The van der Waals surface area contributed by atoms with Crippen molar-refractivity contribution in [3.8, 4) is 5.75 Å². The van der Waals surface area contributed by atoms with E-state index >= 15 is 0 Å². The molecule has 0 aliphatic carbocycles. The lowest BCUT2D eigenvalue weighted by atomic mass is 10.1. The smallest absolute Gasteiger partial charge is 0.257 e. The number of carbonyl (C=O) groups is 1. The number of hydrogen-bond donors (Lipinski definition) is 1. The summed E-state index contributed by atoms with van der Waals surface area (Å²) in [6.07, 6.45) is 5.37. The van der Waals surface area contributed by atoms with Crippen molar-refractivity contribution in [2.24, 2.45) is 0 Å². The van der Waals surface area contributed by atoms with Crippen LogP contribution in [0.4, 0.5) is 0 Å². The highest BCUT2D eigenvalue weighted by Crippen LogP contribution is 2.24. The maximum absolute atomic E-state index is 12.5. The fraction of sp³-hybridized carbons (Fsp3) is 0.438. The molecule has 0 saturated carbocycles. The molecule has 2 aliphatic heterocycles. The molecule has 1 amide bonds. The zero-order valence-electron chi connectivity index (χ0n) is 11.7. The van der Waals surface area contributed by atoms with E-state index in [9.17, 15) is 9.90 Å². The van der Waals surface area contributed by atoms with Gasteiger partial charge >= 0.3 is 0 Å². The van der Waals surface area contributed by atoms with Crippen LogP contribution < -0.4 is 0 Å². The molecule has 0 bridgehead atoms. The van der Waals surface area contributed by atoms with E-state index in [0.29, 0.717) is 11.6 Å². The Morgan fingerprint density at radius 3 is 2.75 bits per heavy atom. The zero-order valence-corrected chi connectivity index (χ0v) is 11.7. The second kappa shape index (κ2) is 5.29. The Labute approximate surface area is 119 Å². The van der Waals surface area contributed by atoms with Gasteiger partial charge in [0.2, 0.25) is 0 Å². The molecule has 2 heterocycles. The second-order valence-corrected chi connectivity index (χ2v) is 5.64. The molecule has 0 radical (unpaired) electrons. The minimum absolute atomic E-state index is 0.0582. The van der Waals surface area contributed by atoms with Gasteiger partial charge in [0.05, 0.1) is 5.56 Å². The molecule has 3 rings (SSSR count). The van der Waals surface area contributed by atoms with E-state index in [1.807, 2.05) is 17.9 Å². The monoisotopic (exact) mass is 272 g/mol. The van der Waals surface area contributed by atoms with Gasteiger partial charge in [0.15, 0.2) is 0 Å². The number of nitrogens with zero attached hydrogens (tertiary/aromatic N) is 2. The first kappa shape index (κ1) is 13.2. The van der Waals surface area contributed by atoms with Gasteiger partial charge in [-0.15, -0.1) is 0 Å². The van der Waals surface area contributed by atoms with Crippen LogP contribution in [0.25, 0.3) is 0 Å². The van der Waals surface area contributed by atoms with E-state index < -0.39 is 0 Å². The molecule has 1 aromatic rings. The number of phenolic OH excluding ortho intramolecular Hbond substituents is 1. The Bertz CT molecular complexity index is 545. The lowest BCUT2D eigenvalue weighted by Gasteiger charge is -2.23. The van der Waals surface area contributed by atoms with Crippen LogP contribution in [0.1, 0.15) is 22.3 Å². The van der Waals surface area contributed by atoms with Gasteiger partial charge in [0.25, 0.3) is 5.91 Å². The van der Waals surface area contributed by atoms with Crippen LogP contribution in [-0.2, 0) is 0 Å². The maximum Gasteiger partial charge on any atom is 0.257 e. The molecular formula is C16H20N2O2. The first-order chi connectivity index (χ1) is 9.65. The van der Waals surface area contributed by atoms with Crippen LogP contribution in [0, 0.1) is 6.92 Å². The molecule has 1 aromatic carbocycles. The highest BCUT2D eigenvalue weighted by atomic mass is 16.3. The van der Waals surface area contributed by atoms with Gasteiger partial charge in [0, 0.05) is 32.2 Å². The Morgan fingerprint density at radius 1 is 1.30 bits per heavy atom. The largest absolute Gasteiger partial charge is 0.507 e. The first-order valence-corrected chi connectivity index (χ1v) is 7.13. The van der Waals surface area contributed by atoms with E-state index in [2.05, 4.69) is 17.1 Å². The van der Waals surface area contributed by atoms with Crippen molar-refractivity contribution >= 4 is 5.91 Å². The summed E-state index contributed by atoms with van der Waals surface area (Å²) >= 11 is 0. The van der Waals surface area contributed by atoms with Gasteiger partial charge in [-0.25, -0.2) is 0 Å². The molecule has 4 nitrogen and oxygen atoms in total. The summed E-state index contributed by atoms with van der Waals surface area (Å²) in [7, 11) is 0. The topological polar surface area (TPSA) is 43.8 Å². The molecule has 2 aliphatic rings. The normalized spacial score (nSPS) is 22.6. The van der Waals surface area contributed by atoms with E-state index in [1.165, 1.54) is 0 Å². The van der Waals surface area contributed by atoms with Crippen LogP contribution in [0.3, 0.4) is 0 Å². The molecule has 1 N–H and O–H groups in total. The number of phenols is 1. The summed E-state index contributed by atoms with van der Waals surface area (Å²) in [5, 5.41) is 9.93. The number of aryl methyl sites for hydroxylation is 1. The lowest BCUT2D eigenvalue weighted by Crippen LogP contribution is -2.37. The van der Waals surface area contributed by atoms with E-state index in [-0.39, 0.29) is 11.7 Å². The summed E-state index contributed by atoms with van der Waals surface area (Å²) in [6, 6.07) is 5.68. The highest BCUT2D eigenvalue weighted by molar-refractivity contribution is 5.97. The van der Waals surface area contributed by atoms with Gasteiger partial charge in [-0.05, 0) is 31.0 Å². The summed E-state index contributed by atoms with van der Waals surface area (Å²) in [6.45, 7) is 5.41. The van der Waals surface area contributed by atoms with Gasteiger partial charge in [-0.2, -0.15) is 0 Å². The quantitative estimate of drug-likeness (QED) is 0.835. The molecule has 106 valence electrons. The third kappa shape index (κ3) is 2.43. The number of aromatic hydroxyl groups is 1. The van der Waals surface area contributed by atoms with Crippen LogP contribution in [0.5, 0.6) is 5.75 Å². The van der Waals surface area contributed by atoms with Gasteiger partial charge in [-0.3, -0.25) is 9.69 Å². The van der Waals surface area contributed by atoms with Crippen LogP contribution in [0.2, 0.25) is 0 Å². The number of rotatable bonds is 2. The molecule has 1 saturated heterocycles. The number of hydrogen-bond acceptors (Lipinski definition) is 3. The van der Waals surface area contributed by atoms with Gasteiger partial charge in [0.1, 0.15) is 5.75 Å². The van der Waals surface area contributed by atoms with E-state index in [1.54, 1.807) is 12.1 Å². The van der Waals surface area contributed by atoms with Crippen LogP contribution in [-0.4, -0.2) is 53.0 Å². The van der Waals surface area contributed by atoms with Gasteiger partial charge in [-0.1, -0.05) is 18.2 Å². The lowest BCUT2D eigenvalue weighted by molar-refractivity contribution is 0.0778. The molecule has 0 spiro atoms. The second-order valence-electron chi connectivity index (χ2n) is 5.64. The predicted octanol–water partition coefficient (Wildman–Crippen LogP) is 1.79. The molecule has 20 heavy (non-hydrogen) atoms. The minimum atomic E-state index is -0.0582. The average Bonchev–Trinajstić information content (AvgIpc) is 3.09. The molecular weight excluding hydrogens is 252 g/mol. The predicted molar refractivity (Wildman–Crippen MR) is 77.9 cm³/mol. The van der Waals surface area contributed by atoms with Crippen molar-refractivity contribution in [2.45, 2.75) is 19.4 Å². The van der Waals surface area contributed by atoms with E-state index in [4.69, 9.17) is 0 Å². The fourth-order valence-corrected chi connectivity index (χ4v) is 3.01. The Kier molecular flexibility index (Phi) is 3.49. The van der Waals surface area contributed by atoms with Crippen LogP contribution >= 0.6 is 0 Å². The number of carbonyl (C=O) groups excluding carboxylic acids is 1. The van der Waals surface area contributed by atoms with Crippen molar-refractivity contribution < 1.29 is 9.90 Å². The molecule has 1 unspecified atom stereocenters. The Balaban J connectivity index is 1.69. The van der Waals surface area contributed by atoms with Crippen molar-refractivity contribution in [3.05, 3.63) is 41.5 Å². The number of likely N-dealkylation sites (tertiary alicyclic amines) is 1. The standard InChI is InChI=1S/C16H20N2O2/c1-12-4-5-14(15(19)10-12)16(20)18-9-6-13(11-18)17-7-2-3-8-17/h2-5,10,13,19H,6-9,11H2,1H3. The maximum atomic E-state index is 12.5. The molecule has 1 fully saturated rings. The Hall–Kier alpha value is -1.81. The first-order valence-electron chi connectivity index (χ1n) is 7.13. The third-order valence-corrected chi connectivity index (χ3v) is 4.20. The fourth-order valence-electron chi connectivity index (χ4n) is 3.01. The van der Waals surface area contributed by atoms with Crippen molar-refractivity contribution in [1.82, 2.24) is 9.80 Å².